The first-order valence-corrected chi connectivity index (χ1v) is 9.72. The molecule has 1 amide bonds. The summed E-state index contributed by atoms with van der Waals surface area (Å²) in [6, 6.07) is 10.5. The van der Waals surface area contributed by atoms with Crippen molar-refractivity contribution in [3.8, 4) is 16.3 Å². The molecular weight excluding hydrogens is 379 g/mol. The summed E-state index contributed by atoms with van der Waals surface area (Å²) in [5.74, 6) is 0.596. The second kappa shape index (κ2) is 7.93. The second-order valence-corrected chi connectivity index (χ2v) is 7.50. The summed E-state index contributed by atoms with van der Waals surface area (Å²) < 4.78 is 19.1. The number of nitrogens with zero attached hydrogens (tertiary/aromatic N) is 3. The predicted molar refractivity (Wildman–Crippen MR) is 106 cm³/mol. The Bertz CT molecular complexity index is 976. The number of aromatic nitrogens is 2. The lowest BCUT2D eigenvalue weighted by Gasteiger charge is -2.18. The molecular formula is C20H19FN4O2S. The minimum absolute atomic E-state index is 0.0551. The minimum atomic E-state index is -0.346. The first kappa shape index (κ1) is 18.4. The van der Waals surface area contributed by atoms with Gasteiger partial charge in [-0.15, -0.1) is 11.3 Å². The Balaban J connectivity index is 1.39. The van der Waals surface area contributed by atoms with Crippen LogP contribution in [-0.4, -0.2) is 42.1 Å². The summed E-state index contributed by atoms with van der Waals surface area (Å²) in [5, 5.41) is 3.79. The van der Waals surface area contributed by atoms with Crippen LogP contribution in [-0.2, 0) is 0 Å². The van der Waals surface area contributed by atoms with Gasteiger partial charge in [0.25, 0.3) is 5.91 Å². The lowest BCUT2D eigenvalue weighted by Crippen LogP contribution is -2.37. The lowest BCUT2D eigenvalue weighted by atomic mass is 10.2. The van der Waals surface area contributed by atoms with Crippen molar-refractivity contribution in [1.29, 1.82) is 0 Å². The number of hydrogen-bond acceptors (Lipinski definition) is 6. The summed E-state index contributed by atoms with van der Waals surface area (Å²) >= 11 is 1.34. The van der Waals surface area contributed by atoms with Gasteiger partial charge in [-0.2, -0.15) is 0 Å². The van der Waals surface area contributed by atoms with Crippen molar-refractivity contribution in [2.24, 2.45) is 0 Å². The fourth-order valence-corrected chi connectivity index (χ4v) is 4.01. The largest absolute Gasteiger partial charge is 0.497 e. The molecule has 3 heterocycles. The maximum absolute atomic E-state index is 13.9. The summed E-state index contributed by atoms with van der Waals surface area (Å²) in [5.41, 5.74) is 0.933. The Morgan fingerprint density at radius 1 is 1.29 bits per heavy atom. The zero-order valence-electron chi connectivity index (χ0n) is 15.3. The van der Waals surface area contributed by atoms with Gasteiger partial charge in [-0.3, -0.25) is 4.79 Å². The number of thiazole rings is 1. The predicted octanol–water partition coefficient (Wildman–Crippen LogP) is 3.36. The van der Waals surface area contributed by atoms with Crippen LogP contribution in [0.3, 0.4) is 0 Å². The standard InChI is InChI=1S/C20H19FN4O2S/c1-27-15-6-4-13(5-7-15)20-23-11-17(28-20)19(26)24-14-8-10-25(12-14)18-16(21)3-2-9-22-18/h2-7,9,11,14H,8,10,12H2,1H3,(H,24,26). The van der Waals surface area contributed by atoms with Crippen LogP contribution in [0.15, 0.2) is 48.8 Å². The zero-order chi connectivity index (χ0) is 19.5. The molecule has 0 spiro atoms. The number of anilines is 1. The van der Waals surface area contributed by atoms with Gasteiger partial charge in [0.05, 0.1) is 13.3 Å². The lowest BCUT2D eigenvalue weighted by molar-refractivity contribution is 0.0944. The molecule has 0 bridgehead atoms. The number of rotatable bonds is 5. The second-order valence-electron chi connectivity index (χ2n) is 6.47. The Labute approximate surface area is 166 Å². The van der Waals surface area contributed by atoms with E-state index in [4.69, 9.17) is 4.74 Å². The van der Waals surface area contributed by atoms with Gasteiger partial charge in [-0.05, 0) is 42.8 Å². The third-order valence-electron chi connectivity index (χ3n) is 4.63. The van der Waals surface area contributed by atoms with Crippen LogP contribution in [0, 0.1) is 5.82 Å². The molecule has 6 nitrogen and oxygen atoms in total. The number of pyridine rings is 1. The van der Waals surface area contributed by atoms with Crippen LogP contribution >= 0.6 is 11.3 Å². The molecule has 4 rings (SSSR count). The van der Waals surface area contributed by atoms with Crippen molar-refractivity contribution < 1.29 is 13.9 Å². The number of nitrogens with one attached hydrogen (secondary N) is 1. The topological polar surface area (TPSA) is 67.3 Å². The van der Waals surface area contributed by atoms with Gasteiger partial charge in [0, 0.05) is 30.9 Å². The van der Waals surface area contributed by atoms with E-state index in [1.54, 1.807) is 25.6 Å². The highest BCUT2D eigenvalue weighted by Crippen LogP contribution is 2.27. The molecule has 1 saturated heterocycles. The first-order valence-electron chi connectivity index (χ1n) is 8.90. The monoisotopic (exact) mass is 398 g/mol. The Kier molecular flexibility index (Phi) is 5.21. The fourth-order valence-electron chi connectivity index (χ4n) is 3.18. The normalized spacial score (nSPS) is 16.2. The number of methoxy groups -OCH3 is 1. The molecule has 3 aromatic rings. The van der Waals surface area contributed by atoms with E-state index in [9.17, 15) is 9.18 Å². The number of carbonyl (C=O) groups is 1. The van der Waals surface area contributed by atoms with Gasteiger partial charge in [0.15, 0.2) is 11.6 Å². The third-order valence-corrected chi connectivity index (χ3v) is 5.67. The maximum Gasteiger partial charge on any atom is 0.263 e. The highest BCUT2D eigenvalue weighted by Gasteiger charge is 2.27. The Hall–Kier alpha value is -3.00. The van der Waals surface area contributed by atoms with Crippen molar-refractivity contribution >= 4 is 23.1 Å². The SMILES string of the molecule is COc1ccc(-c2ncc(C(=O)NC3CCN(c4ncccc4F)C3)s2)cc1. The molecule has 1 atom stereocenters. The van der Waals surface area contributed by atoms with Crippen molar-refractivity contribution in [3.05, 3.63) is 59.5 Å². The molecule has 144 valence electrons. The van der Waals surface area contributed by atoms with E-state index < -0.39 is 0 Å². The van der Waals surface area contributed by atoms with Gasteiger partial charge in [-0.1, -0.05) is 0 Å². The van der Waals surface area contributed by atoms with Crippen LogP contribution in [0.5, 0.6) is 5.75 Å². The van der Waals surface area contributed by atoms with Gasteiger partial charge in [-0.25, -0.2) is 14.4 Å². The number of ether oxygens (including phenoxy) is 1. The average Bonchev–Trinajstić information content (AvgIpc) is 3.38. The van der Waals surface area contributed by atoms with Crippen molar-refractivity contribution in [1.82, 2.24) is 15.3 Å². The van der Waals surface area contributed by atoms with E-state index in [1.807, 2.05) is 29.2 Å². The van der Waals surface area contributed by atoms with E-state index in [-0.39, 0.29) is 17.8 Å². The van der Waals surface area contributed by atoms with Gasteiger partial charge in [0.1, 0.15) is 15.6 Å². The van der Waals surface area contributed by atoms with Crippen LogP contribution < -0.4 is 15.0 Å². The van der Waals surface area contributed by atoms with Crippen molar-refractivity contribution in [2.75, 3.05) is 25.1 Å². The minimum Gasteiger partial charge on any atom is -0.497 e. The molecule has 8 heteroatoms. The summed E-state index contributed by atoms with van der Waals surface area (Å²) in [7, 11) is 1.62. The summed E-state index contributed by atoms with van der Waals surface area (Å²) in [4.78, 5) is 23.5. The number of amides is 1. The molecule has 28 heavy (non-hydrogen) atoms. The molecule has 1 aromatic carbocycles. The van der Waals surface area contributed by atoms with Crippen LogP contribution in [0.2, 0.25) is 0 Å². The molecule has 1 fully saturated rings. The van der Waals surface area contributed by atoms with Crippen LogP contribution in [0.25, 0.3) is 10.6 Å². The number of hydrogen-bond donors (Lipinski definition) is 1. The van der Waals surface area contributed by atoms with E-state index >= 15 is 0 Å². The zero-order valence-corrected chi connectivity index (χ0v) is 16.1. The van der Waals surface area contributed by atoms with E-state index in [2.05, 4.69) is 15.3 Å². The van der Waals surface area contributed by atoms with Gasteiger partial charge in [0.2, 0.25) is 0 Å². The quantitative estimate of drug-likeness (QED) is 0.714. The number of carbonyl (C=O) groups excluding carboxylic acids is 1. The highest BCUT2D eigenvalue weighted by atomic mass is 32.1. The maximum atomic E-state index is 13.9. The third kappa shape index (κ3) is 3.82. The van der Waals surface area contributed by atoms with E-state index in [0.717, 1.165) is 22.7 Å². The van der Waals surface area contributed by atoms with Crippen LogP contribution in [0.4, 0.5) is 10.2 Å². The van der Waals surface area contributed by atoms with Gasteiger partial charge < -0.3 is 15.0 Å². The summed E-state index contributed by atoms with van der Waals surface area (Å²) in [6.07, 6.45) is 3.90. The molecule has 1 unspecified atom stereocenters. The molecule has 0 saturated carbocycles. The molecule has 1 aliphatic heterocycles. The highest BCUT2D eigenvalue weighted by molar-refractivity contribution is 7.16. The Morgan fingerprint density at radius 2 is 2.11 bits per heavy atom. The van der Waals surface area contributed by atoms with Gasteiger partial charge >= 0.3 is 0 Å². The average molecular weight is 398 g/mol. The Morgan fingerprint density at radius 3 is 2.86 bits per heavy atom. The smallest absolute Gasteiger partial charge is 0.263 e. The van der Waals surface area contributed by atoms with E-state index in [0.29, 0.717) is 23.8 Å². The van der Waals surface area contributed by atoms with Crippen molar-refractivity contribution in [3.63, 3.8) is 0 Å². The molecule has 1 N–H and O–H groups in total. The summed E-state index contributed by atoms with van der Waals surface area (Å²) in [6.45, 7) is 1.18. The number of benzene rings is 1. The molecule has 0 radical (unpaired) electrons. The van der Waals surface area contributed by atoms with E-state index in [1.165, 1.54) is 17.4 Å². The molecule has 1 aliphatic rings. The van der Waals surface area contributed by atoms with Crippen LogP contribution in [0.1, 0.15) is 16.1 Å². The fraction of sp³-hybridized carbons (Fsp3) is 0.250. The van der Waals surface area contributed by atoms with Crippen molar-refractivity contribution in [2.45, 2.75) is 12.5 Å². The number of halogens is 1. The molecule has 2 aromatic heterocycles. The molecule has 0 aliphatic carbocycles. The first-order chi connectivity index (χ1) is 13.6.